The Morgan fingerprint density at radius 2 is 2.04 bits per heavy atom. The largest absolute Gasteiger partial charge is 0.489 e. The maximum atomic E-state index is 13.3. The van der Waals surface area contributed by atoms with Crippen molar-refractivity contribution < 1.29 is 13.9 Å². The summed E-state index contributed by atoms with van der Waals surface area (Å²) in [4.78, 5) is 13.9. The van der Waals surface area contributed by atoms with Gasteiger partial charge >= 0.3 is 0 Å². The first-order valence-corrected chi connectivity index (χ1v) is 8.32. The van der Waals surface area contributed by atoms with Crippen LogP contribution >= 0.6 is 15.9 Å². The predicted octanol–water partition coefficient (Wildman–Crippen LogP) is 4.21. The highest BCUT2D eigenvalue weighted by molar-refractivity contribution is 9.10. The first-order valence-electron chi connectivity index (χ1n) is 7.53. The molecule has 0 aromatic heterocycles. The zero-order valence-corrected chi connectivity index (χ0v) is 14.1. The lowest BCUT2D eigenvalue weighted by molar-refractivity contribution is 0.0782. The highest BCUT2D eigenvalue weighted by Gasteiger charge is 2.27. The van der Waals surface area contributed by atoms with E-state index in [1.807, 2.05) is 30.3 Å². The van der Waals surface area contributed by atoms with Gasteiger partial charge in [0.15, 0.2) is 0 Å². The van der Waals surface area contributed by atoms with E-state index >= 15 is 0 Å². The lowest BCUT2D eigenvalue weighted by Crippen LogP contribution is -2.29. The van der Waals surface area contributed by atoms with Gasteiger partial charge in [0.1, 0.15) is 18.5 Å². The fourth-order valence-electron chi connectivity index (χ4n) is 2.57. The fourth-order valence-corrected chi connectivity index (χ4v) is 3.10. The lowest BCUT2D eigenvalue weighted by atomic mass is 10.2. The molecular weight excluding hydrogens is 361 g/mol. The molecular formula is C18H17BrFNO2. The number of rotatable bonds is 4. The molecule has 0 spiro atoms. The molecule has 3 nitrogen and oxygen atoms in total. The van der Waals surface area contributed by atoms with E-state index in [4.69, 9.17) is 4.74 Å². The predicted molar refractivity (Wildman–Crippen MR) is 90.3 cm³/mol. The Labute approximate surface area is 143 Å². The minimum Gasteiger partial charge on any atom is -0.489 e. The van der Waals surface area contributed by atoms with Gasteiger partial charge in [-0.2, -0.15) is 0 Å². The Bertz CT molecular complexity index is 693. The van der Waals surface area contributed by atoms with Crippen molar-refractivity contribution in [2.75, 3.05) is 13.1 Å². The summed E-state index contributed by atoms with van der Waals surface area (Å²) in [6, 6.07) is 15.1. The number of alkyl halides is 1. The highest BCUT2D eigenvalue weighted by Crippen LogP contribution is 2.26. The van der Waals surface area contributed by atoms with Crippen LogP contribution in [0.5, 0.6) is 5.75 Å². The van der Waals surface area contributed by atoms with Crippen LogP contribution in [0.1, 0.15) is 22.3 Å². The molecule has 0 N–H and O–H groups in total. The Kier molecular flexibility index (Phi) is 4.96. The third-order valence-corrected chi connectivity index (χ3v) is 4.49. The van der Waals surface area contributed by atoms with Gasteiger partial charge in [-0.05, 0) is 46.1 Å². The van der Waals surface area contributed by atoms with E-state index in [2.05, 4.69) is 15.9 Å². The smallest absolute Gasteiger partial charge is 0.255 e. The molecule has 1 amide bonds. The average Bonchev–Trinajstić information content (AvgIpc) is 3.00. The van der Waals surface area contributed by atoms with E-state index in [-0.39, 0.29) is 12.5 Å². The molecule has 0 radical (unpaired) electrons. The maximum Gasteiger partial charge on any atom is 0.255 e. The SMILES string of the molecule is O=C(c1ccc(OCc2ccccc2)cc1Br)N1CC[C@H](F)C1. The standard InChI is InChI=1S/C18H17BrFNO2/c19-17-10-15(23-12-13-4-2-1-3-5-13)6-7-16(17)18(22)21-9-8-14(20)11-21/h1-7,10,14H,8-9,11-12H2/t14-/m0/s1. The van der Waals surface area contributed by atoms with Crippen LogP contribution in [0.4, 0.5) is 4.39 Å². The van der Waals surface area contributed by atoms with Crippen molar-refractivity contribution in [3.63, 3.8) is 0 Å². The molecule has 2 aromatic carbocycles. The molecule has 0 aliphatic carbocycles. The molecule has 23 heavy (non-hydrogen) atoms. The number of hydrogen-bond acceptors (Lipinski definition) is 2. The van der Waals surface area contributed by atoms with Crippen molar-refractivity contribution in [1.29, 1.82) is 0 Å². The average molecular weight is 378 g/mol. The summed E-state index contributed by atoms with van der Waals surface area (Å²) in [5.74, 6) is 0.536. The minimum absolute atomic E-state index is 0.147. The first kappa shape index (κ1) is 16.0. The van der Waals surface area contributed by atoms with Gasteiger partial charge in [-0.25, -0.2) is 4.39 Å². The van der Waals surface area contributed by atoms with Crippen LogP contribution in [-0.4, -0.2) is 30.1 Å². The number of nitrogens with zero attached hydrogens (tertiary/aromatic N) is 1. The molecule has 120 valence electrons. The van der Waals surface area contributed by atoms with Gasteiger partial charge in [-0.3, -0.25) is 4.79 Å². The normalized spacial score (nSPS) is 17.3. The number of benzene rings is 2. The number of ether oxygens (including phenoxy) is 1. The number of amides is 1. The molecule has 1 atom stereocenters. The van der Waals surface area contributed by atoms with Crippen molar-refractivity contribution in [2.24, 2.45) is 0 Å². The molecule has 1 aliphatic rings. The van der Waals surface area contributed by atoms with E-state index in [1.165, 1.54) is 0 Å². The monoisotopic (exact) mass is 377 g/mol. The molecule has 0 bridgehead atoms. The van der Waals surface area contributed by atoms with Gasteiger partial charge in [-0.1, -0.05) is 30.3 Å². The van der Waals surface area contributed by atoms with Crippen molar-refractivity contribution in [1.82, 2.24) is 4.90 Å². The number of halogens is 2. The van der Waals surface area contributed by atoms with Gasteiger partial charge in [-0.15, -0.1) is 0 Å². The van der Waals surface area contributed by atoms with E-state index in [1.54, 1.807) is 23.1 Å². The second kappa shape index (κ2) is 7.13. The number of likely N-dealkylation sites (tertiary alicyclic amines) is 1. The second-order valence-corrected chi connectivity index (χ2v) is 6.41. The van der Waals surface area contributed by atoms with E-state index in [0.717, 1.165) is 5.56 Å². The lowest BCUT2D eigenvalue weighted by Gasteiger charge is -2.16. The maximum absolute atomic E-state index is 13.3. The third kappa shape index (κ3) is 3.91. The van der Waals surface area contributed by atoms with Crippen LogP contribution in [0.2, 0.25) is 0 Å². The van der Waals surface area contributed by atoms with Crippen molar-refractivity contribution >= 4 is 21.8 Å². The van der Waals surface area contributed by atoms with Gasteiger partial charge in [0.2, 0.25) is 0 Å². The molecule has 0 unspecified atom stereocenters. The molecule has 3 rings (SSSR count). The molecule has 1 fully saturated rings. The summed E-state index contributed by atoms with van der Waals surface area (Å²) in [7, 11) is 0. The van der Waals surface area contributed by atoms with Gasteiger partial charge < -0.3 is 9.64 Å². The first-order chi connectivity index (χ1) is 11.1. The Hall–Kier alpha value is -1.88. The highest BCUT2D eigenvalue weighted by atomic mass is 79.9. The number of hydrogen-bond donors (Lipinski definition) is 0. The fraction of sp³-hybridized carbons (Fsp3) is 0.278. The summed E-state index contributed by atoms with van der Waals surface area (Å²) < 4.78 is 19.6. The van der Waals surface area contributed by atoms with Crippen LogP contribution in [0.15, 0.2) is 53.0 Å². The van der Waals surface area contributed by atoms with E-state index in [9.17, 15) is 9.18 Å². The zero-order chi connectivity index (χ0) is 16.2. The van der Waals surface area contributed by atoms with Crippen LogP contribution < -0.4 is 4.74 Å². The Morgan fingerprint density at radius 3 is 2.70 bits per heavy atom. The minimum atomic E-state index is -0.911. The second-order valence-electron chi connectivity index (χ2n) is 5.55. The van der Waals surface area contributed by atoms with Gasteiger partial charge in [0.25, 0.3) is 5.91 Å². The summed E-state index contributed by atoms with van der Waals surface area (Å²) in [5, 5.41) is 0. The summed E-state index contributed by atoms with van der Waals surface area (Å²) in [6.07, 6.45) is -0.493. The van der Waals surface area contributed by atoms with Gasteiger partial charge in [0.05, 0.1) is 12.1 Å². The summed E-state index contributed by atoms with van der Waals surface area (Å²) >= 11 is 3.41. The quantitative estimate of drug-likeness (QED) is 0.798. The summed E-state index contributed by atoms with van der Waals surface area (Å²) in [6.45, 7) is 1.12. The van der Waals surface area contributed by atoms with E-state index in [0.29, 0.717) is 35.4 Å². The van der Waals surface area contributed by atoms with Crippen molar-refractivity contribution in [2.45, 2.75) is 19.2 Å². The van der Waals surface area contributed by atoms with Crippen LogP contribution in [0.25, 0.3) is 0 Å². The number of carbonyl (C=O) groups excluding carboxylic acids is 1. The molecule has 1 aliphatic heterocycles. The van der Waals surface area contributed by atoms with Crippen molar-refractivity contribution in [3.8, 4) is 5.75 Å². The number of carbonyl (C=O) groups is 1. The molecule has 2 aromatic rings. The van der Waals surface area contributed by atoms with Crippen LogP contribution in [-0.2, 0) is 6.61 Å². The molecule has 0 saturated carbocycles. The van der Waals surface area contributed by atoms with Gasteiger partial charge in [0, 0.05) is 11.0 Å². The van der Waals surface area contributed by atoms with Crippen LogP contribution in [0.3, 0.4) is 0 Å². The van der Waals surface area contributed by atoms with Crippen LogP contribution in [0, 0.1) is 0 Å². The van der Waals surface area contributed by atoms with E-state index < -0.39 is 6.17 Å². The zero-order valence-electron chi connectivity index (χ0n) is 12.5. The molecule has 1 heterocycles. The molecule has 5 heteroatoms. The Morgan fingerprint density at radius 1 is 1.26 bits per heavy atom. The topological polar surface area (TPSA) is 29.5 Å². The molecule has 1 saturated heterocycles. The Balaban J connectivity index is 1.67. The van der Waals surface area contributed by atoms with Crippen molar-refractivity contribution in [3.05, 3.63) is 64.1 Å². The third-order valence-electron chi connectivity index (χ3n) is 3.84. The summed E-state index contributed by atoms with van der Waals surface area (Å²) in [5.41, 5.74) is 1.61.